The van der Waals surface area contributed by atoms with Gasteiger partial charge in [0.05, 0.1) is 17.7 Å². The minimum Gasteiger partial charge on any atom is -0.387 e. The Morgan fingerprint density at radius 3 is 2.40 bits per heavy atom. The van der Waals surface area contributed by atoms with E-state index in [2.05, 4.69) is 0 Å². The molecule has 0 radical (unpaired) electrons. The molecule has 0 spiro atoms. The summed E-state index contributed by atoms with van der Waals surface area (Å²) in [5.74, 6) is 0. The third-order valence-corrected chi connectivity index (χ3v) is 2.29. The molecule has 80 valence electrons. The average molecular weight is 205 g/mol. The zero-order valence-corrected chi connectivity index (χ0v) is 8.43. The number of hydrogen-bond acceptors (Lipinski definition) is 4. The average Bonchev–Trinajstić information content (AvgIpc) is 2.28. The second-order valence-corrected chi connectivity index (χ2v) is 3.42. The summed E-state index contributed by atoms with van der Waals surface area (Å²) in [6, 6.07) is 8.39. The quantitative estimate of drug-likeness (QED) is 0.657. The van der Waals surface area contributed by atoms with Crippen LogP contribution >= 0.6 is 0 Å². The summed E-state index contributed by atoms with van der Waals surface area (Å²) in [6.45, 7) is 0.453. The number of nitrogens with two attached hydrogens (primary N) is 2. The molecule has 0 fully saturated rings. The number of nitrogens with zero attached hydrogens (tertiary/aromatic N) is 1. The Bertz CT molecular complexity index is 342. The Hall–Kier alpha value is -1.41. The Labute approximate surface area is 89.1 Å². The first kappa shape index (κ1) is 11.7. The Morgan fingerprint density at radius 1 is 1.33 bits per heavy atom. The van der Waals surface area contributed by atoms with Crippen LogP contribution in [0.5, 0.6) is 0 Å². The van der Waals surface area contributed by atoms with E-state index in [0.717, 1.165) is 5.56 Å². The van der Waals surface area contributed by atoms with E-state index in [0.29, 0.717) is 18.5 Å². The van der Waals surface area contributed by atoms with Crippen molar-refractivity contribution in [3.05, 3.63) is 35.4 Å². The van der Waals surface area contributed by atoms with Gasteiger partial charge in [-0.05, 0) is 30.7 Å². The van der Waals surface area contributed by atoms with E-state index >= 15 is 0 Å². The fourth-order valence-electron chi connectivity index (χ4n) is 1.35. The summed E-state index contributed by atoms with van der Waals surface area (Å²) < 4.78 is 0. The predicted octanol–water partition coefficient (Wildman–Crippen LogP) is 0.268. The molecule has 1 aromatic rings. The summed E-state index contributed by atoms with van der Waals surface area (Å²) in [7, 11) is 0. The smallest absolute Gasteiger partial charge is 0.0991 e. The molecule has 2 atom stereocenters. The van der Waals surface area contributed by atoms with Crippen LogP contribution in [0.2, 0.25) is 0 Å². The van der Waals surface area contributed by atoms with Crippen molar-refractivity contribution in [2.24, 2.45) is 11.5 Å². The minimum atomic E-state index is -0.721. The highest BCUT2D eigenvalue weighted by atomic mass is 16.3. The number of aliphatic hydroxyl groups excluding tert-OH is 1. The van der Waals surface area contributed by atoms with E-state index in [1.165, 1.54) is 0 Å². The molecule has 5 N–H and O–H groups in total. The topological polar surface area (TPSA) is 96.1 Å². The monoisotopic (exact) mass is 205 g/mol. The molecule has 0 bridgehead atoms. The van der Waals surface area contributed by atoms with Gasteiger partial charge in [0, 0.05) is 6.04 Å². The Morgan fingerprint density at radius 2 is 1.93 bits per heavy atom. The van der Waals surface area contributed by atoms with Crippen molar-refractivity contribution >= 4 is 0 Å². The molecule has 0 aliphatic heterocycles. The van der Waals surface area contributed by atoms with Gasteiger partial charge >= 0.3 is 0 Å². The van der Waals surface area contributed by atoms with E-state index in [-0.39, 0.29) is 6.04 Å². The van der Waals surface area contributed by atoms with Crippen LogP contribution in [0.25, 0.3) is 0 Å². The van der Waals surface area contributed by atoms with Crippen LogP contribution in [0.3, 0.4) is 0 Å². The standard InChI is InChI=1S/C11H15N3O/c12-6-5-10(14)11(15)9-3-1-8(7-13)2-4-9/h1-4,10-11,15H,5-6,12,14H2. The molecule has 0 heterocycles. The first-order valence-corrected chi connectivity index (χ1v) is 4.83. The van der Waals surface area contributed by atoms with Gasteiger partial charge in [0.25, 0.3) is 0 Å². The SMILES string of the molecule is N#Cc1ccc(C(O)C(N)CCN)cc1. The van der Waals surface area contributed by atoms with E-state index < -0.39 is 6.10 Å². The van der Waals surface area contributed by atoms with E-state index in [4.69, 9.17) is 16.7 Å². The fraction of sp³-hybridized carbons (Fsp3) is 0.364. The summed E-state index contributed by atoms with van der Waals surface area (Å²) in [6.07, 6.45) is -0.150. The van der Waals surface area contributed by atoms with Crippen LogP contribution in [-0.4, -0.2) is 17.7 Å². The van der Waals surface area contributed by atoms with Crippen molar-refractivity contribution in [2.45, 2.75) is 18.6 Å². The molecule has 2 unspecified atom stereocenters. The number of nitriles is 1. The summed E-state index contributed by atoms with van der Waals surface area (Å²) in [4.78, 5) is 0. The number of hydrogen-bond donors (Lipinski definition) is 3. The van der Waals surface area contributed by atoms with Gasteiger partial charge in [0.1, 0.15) is 0 Å². The molecule has 15 heavy (non-hydrogen) atoms. The lowest BCUT2D eigenvalue weighted by Crippen LogP contribution is -2.30. The highest BCUT2D eigenvalue weighted by Gasteiger charge is 2.15. The van der Waals surface area contributed by atoms with Crippen LogP contribution in [-0.2, 0) is 0 Å². The molecule has 1 aromatic carbocycles. The maximum absolute atomic E-state index is 9.82. The first-order chi connectivity index (χ1) is 7.19. The second kappa shape index (κ2) is 5.47. The molecule has 4 nitrogen and oxygen atoms in total. The van der Waals surface area contributed by atoms with Gasteiger partial charge in [-0.15, -0.1) is 0 Å². The van der Waals surface area contributed by atoms with Crippen molar-refractivity contribution in [3.8, 4) is 6.07 Å². The van der Waals surface area contributed by atoms with Gasteiger partial charge in [-0.1, -0.05) is 12.1 Å². The van der Waals surface area contributed by atoms with Crippen molar-refractivity contribution < 1.29 is 5.11 Å². The first-order valence-electron chi connectivity index (χ1n) is 4.83. The molecular formula is C11H15N3O. The van der Waals surface area contributed by atoms with Gasteiger partial charge in [-0.2, -0.15) is 5.26 Å². The summed E-state index contributed by atoms with van der Waals surface area (Å²) >= 11 is 0. The van der Waals surface area contributed by atoms with Crippen molar-refractivity contribution in [2.75, 3.05) is 6.54 Å². The molecule has 0 saturated carbocycles. The molecule has 0 aliphatic rings. The van der Waals surface area contributed by atoms with Gasteiger partial charge in [0.15, 0.2) is 0 Å². The van der Waals surface area contributed by atoms with E-state index in [1.807, 2.05) is 6.07 Å². The third-order valence-electron chi connectivity index (χ3n) is 2.29. The lowest BCUT2D eigenvalue weighted by Gasteiger charge is -2.18. The zero-order chi connectivity index (χ0) is 11.3. The van der Waals surface area contributed by atoms with Crippen LogP contribution in [0.1, 0.15) is 23.7 Å². The van der Waals surface area contributed by atoms with Gasteiger partial charge in [-0.25, -0.2) is 0 Å². The summed E-state index contributed by atoms with van der Waals surface area (Å²) in [5, 5.41) is 18.4. The Kier molecular flexibility index (Phi) is 4.25. The second-order valence-electron chi connectivity index (χ2n) is 3.42. The lowest BCUT2D eigenvalue weighted by atomic mass is 10.00. The van der Waals surface area contributed by atoms with Crippen molar-refractivity contribution in [3.63, 3.8) is 0 Å². The number of aliphatic hydroxyl groups is 1. The van der Waals surface area contributed by atoms with Crippen LogP contribution < -0.4 is 11.5 Å². The molecule has 0 aliphatic carbocycles. The maximum Gasteiger partial charge on any atom is 0.0991 e. The van der Waals surface area contributed by atoms with Crippen molar-refractivity contribution in [1.82, 2.24) is 0 Å². The van der Waals surface area contributed by atoms with Gasteiger partial charge in [-0.3, -0.25) is 0 Å². The minimum absolute atomic E-state index is 0.358. The largest absolute Gasteiger partial charge is 0.387 e. The number of rotatable bonds is 4. The highest BCUT2D eigenvalue weighted by molar-refractivity contribution is 5.32. The lowest BCUT2D eigenvalue weighted by molar-refractivity contribution is 0.143. The van der Waals surface area contributed by atoms with E-state index in [1.54, 1.807) is 24.3 Å². The van der Waals surface area contributed by atoms with E-state index in [9.17, 15) is 5.11 Å². The van der Waals surface area contributed by atoms with Crippen LogP contribution in [0.4, 0.5) is 0 Å². The predicted molar refractivity (Wildman–Crippen MR) is 57.8 cm³/mol. The Balaban J connectivity index is 2.74. The third kappa shape index (κ3) is 3.03. The maximum atomic E-state index is 9.82. The van der Waals surface area contributed by atoms with Crippen LogP contribution in [0, 0.1) is 11.3 Å². The van der Waals surface area contributed by atoms with Gasteiger partial charge in [0.2, 0.25) is 0 Å². The molecular weight excluding hydrogens is 190 g/mol. The zero-order valence-electron chi connectivity index (χ0n) is 8.43. The molecule has 0 amide bonds. The molecule has 0 aromatic heterocycles. The highest BCUT2D eigenvalue weighted by Crippen LogP contribution is 2.17. The molecule has 1 rings (SSSR count). The molecule has 0 saturated heterocycles. The van der Waals surface area contributed by atoms with Crippen LogP contribution in [0.15, 0.2) is 24.3 Å². The number of benzene rings is 1. The fourth-order valence-corrected chi connectivity index (χ4v) is 1.35. The van der Waals surface area contributed by atoms with Crippen molar-refractivity contribution in [1.29, 1.82) is 5.26 Å². The molecule has 4 heteroatoms. The summed E-state index contributed by atoms with van der Waals surface area (Å²) in [5.41, 5.74) is 12.4. The normalized spacial score (nSPS) is 14.3. The van der Waals surface area contributed by atoms with Gasteiger partial charge < -0.3 is 16.6 Å².